The molecule has 0 aliphatic rings. The lowest BCUT2D eigenvalue weighted by molar-refractivity contribution is 0.116. The summed E-state index contributed by atoms with van der Waals surface area (Å²) in [6.45, 7) is 6.79. The Hall–Kier alpha value is 0.0500. The van der Waals surface area contributed by atoms with Gasteiger partial charge >= 0.3 is 0 Å². The number of sulfonamides is 1. The topological polar surface area (TPSA) is 55.4 Å². The molecule has 0 spiro atoms. The average molecular weight is 356 g/mol. The second kappa shape index (κ2) is 7.00. The van der Waals surface area contributed by atoms with Crippen molar-refractivity contribution in [3.8, 4) is 0 Å². The molecule has 0 fully saturated rings. The van der Waals surface area contributed by atoms with Gasteiger partial charge in [0.1, 0.15) is 4.21 Å². The zero-order valence-electron chi connectivity index (χ0n) is 10.6. The molecule has 1 aromatic rings. The van der Waals surface area contributed by atoms with Gasteiger partial charge in [-0.1, -0.05) is 13.8 Å². The van der Waals surface area contributed by atoms with Crippen LogP contribution in [0.15, 0.2) is 20.1 Å². The second-order valence-electron chi connectivity index (χ2n) is 4.19. The van der Waals surface area contributed by atoms with Crippen molar-refractivity contribution in [2.24, 2.45) is 5.92 Å². The summed E-state index contributed by atoms with van der Waals surface area (Å²) >= 11 is 4.44. The third-order valence-electron chi connectivity index (χ3n) is 2.44. The van der Waals surface area contributed by atoms with Crippen molar-refractivity contribution in [3.05, 3.63) is 15.9 Å². The largest absolute Gasteiger partial charge is 0.380 e. The van der Waals surface area contributed by atoms with Crippen molar-refractivity contribution < 1.29 is 13.2 Å². The van der Waals surface area contributed by atoms with Crippen LogP contribution < -0.4 is 4.72 Å². The van der Waals surface area contributed by atoms with E-state index in [1.807, 2.05) is 20.8 Å². The fraction of sp³-hybridized carbons (Fsp3) is 0.636. The molecule has 0 bridgehead atoms. The molecule has 4 nitrogen and oxygen atoms in total. The van der Waals surface area contributed by atoms with Crippen LogP contribution in [0.5, 0.6) is 0 Å². The van der Waals surface area contributed by atoms with Gasteiger partial charge < -0.3 is 4.74 Å². The van der Waals surface area contributed by atoms with Gasteiger partial charge in [-0.05, 0) is 40.2 Å². The molecule has 1 N–H and O–H groups in total. The molecule has 7 heteroatoms. The Bertz CT molecular complexity index is 470. The van der Waals surface area contributed by atoms with Crippen LogP contribution in [0.1, 0.15) is 20.8 Å². The van der Waals surface area contributed by atoms with Crippen LogP contribution in [0, 0.1) is 5.92 Å². The molecule has 0 saturated heterocycles. The number of nitrogens with one attached hydrogen (secondary N) is 1. The molecule has 104 valence electrons. The van der Waals surface area contributed by atoms with E-state index in [2.05, 4.69) is 20.7 Å². The third-order valence-corrected chi connectivity index (χ3v) is 6.60. The fourth-order valence-corrected chi connectivity index (χ4v) is 5.06. The van der Waals surface area contributed by atoms with Crippen molar-refractivity contribution in [3.63, 3.8) is 0 Å². The van der Waals surface area contributed by atoms with E-state index in [-0.39, 0.29) is 12.0 Å². The molecule has 0 amide bonds. The molecule has 1 rings (SSSR count). The normalized spacial score (nSPS) is 14.1. The molecule has 0 aromatic carbocycles. The highest BCUT2D eigenvalue weighted by Gasteiger charge is 2.25. The minimum Gasteiger partial charge on any atom is -0.380 e. The number of thiophene rings is 1. The molecule has 0 aliphatic carbocycles. The molecule has 0 radical (unpaired) electrons. The number of rotatable bonds is 7. The third kappa shape index (κ3) is 4.31. The van der Waals surface area contributed by atoms with Crippen LogP contribution in [0.2, 0.25) is 0 Å². The van der Waals surface area contributed by atoms with Crippen LogP contribution in [0.25, 0.3) is 0 Å². The highest BCUT2D eigenvalue weighted by atomic mass is 79.9. The van der Waals surface area contributed by atoms with Crippen LogP contribution in [-0.4, -0.2) is 27.7 Å². The first-order valence-electron chi connectivity index (χ1n) is 5.71. The maximum Gasteiger partial charge on any atom is 0.251 e. The lowest BCUT2D eigenvalue weighted by Gasteiger charge is -2.21. The summed E-state index contributed by atoms with van der Waals surface area (Å²) in [6, 6.07) is 1.51. The molecule has 1 aromatic heterocycles. The number of halogens is 1. The van der Waals surface area contributed by atoms with Crippen molar-refractivity contribution in [2.75, 3.05) is 13.2 Å². The lowest BCUT2D eigenvalue weighted by atomic mass is 10.1. The predicted octanol–water partition coefficient (Wildman–Crippen LogP) is 2.85. The molecular weight excluding hydrogens is 338 g/mol. The smallest absolute Gasteiger partial charge is 0.251 e. The molecule has 1 unspecified atom stereocenters. The van der Waals surface area contributed by atoms with E-state index in [0.717, 1.165) is 0 Å². The Morgan fingerprint density at radius 1 is 1.50 bits per heavy atom. The summed E-state index contributed by atoms with van der Waals surface area (Å²) in [5.74, 6) is 0.171. The quantitative estimate of drug-likeness (QED) is 0.817. The highest BCUT2D eigenvalue weighted by Crippen LogP contribution is 2.27. The van der Waals surface area contributed by atoms with Crippen molar-refractivity contribution in [1.82, 2.24) is 4.72 Å². The van der Waals surface area contributed by atoms with E-state index in [1.54, 1.807) is 11.4 Å². The van der Waals surface area contributed by atoms with E-state index in [1.165, 1.54) is 11.3 Å². The van der Waals surface area contributed by atoms with Crippen LogP contribution in [0.3, 0.4) is 0 Å². The summed E-state index contributed by atoms with van der Waals surface area (Å²) in [5, 5.41) is 1.74. The molecule has 0 saturated carbocycles. The average Bonchev–Trinajstić information content (AvgIpc) is 2.71. The van der Waals surface area contributed by atoms with E-state index < -0.39 is 10.0 Å². The Morgan fingerprint density at radius 2 is 2.17 bits per heavy atom. The Kier molecular flexibility index (Phi) is 6.26. The first-order chi connectivity index (χ1) is 8.38. The molecule has 1 heterocycles. The van der Waals surface area contributed by atoms with Gasteiger partial charge in [-0.3, -0.25) is 0 Å². The SMILES string of the molecule is CCOCC(NS(=O)(=O)c1sccc1Br)C(C)C. The summed E-state index contributed by atoms with van der Waals surface area (Å²) in [7, 11) is -3.48. The van der Waals surface area contributed by atoms with E-state index in [9.17, 15) is 8.42 Å². The maximum absolute atomic E-state index is 12.2. The Labute approximate surface area is 121 Å². The molecule has 18 heavy (non-hydrogen) atoms. The zero-order valence-corrected chi connectivity index (χ0v) is 13.9. The van der Waals surface area contributed by atoms with Gasteiger partial charge in [-0.2, -0.15) is 0 Å². The number of ether oxygens (including phenoxy) is 1. The maximum atomic E-state index is 12.2. The van der Waals surface area contributed by atoms with E-state index in [4.69, 9.17) is 4.74 Å². The minimum absolute atomic E-state index is 0.171. The summed E-state index contributed by atoms with van der Waals surface area (Å²) in [6.07, 6.45) is 0. The van der Waals surface area contributed by atoms with Gasteiger partial charge in [-0.25, -0.2) is 13.1 Å². The standard InChI is InChI=1S/C11H18BrNO3S2/c1-4-16-7-10(8(2)3)13-18(14,15)11-9(12)5-6-17-11/h5-6,8,10,13H,4,7H2,1-3H3. The van der Waals surface area contributed by atoms with Crippen LogP contribution >= 0.6 is 27.3 Å². The van der Waals surface area contributed by atoms with Crippen molar-refractivity contribution >= 4 is 37.3 Å². The van der Waals surface area contributed by atoms with Gasteiger partial charge in [0.25, 0.3) is 10.0 Å². The Balaban J connectivity index is 2.83. The predicted molar refractivity (Wildman–Crippen MR) is 77.5 cm³/mol. The van der Waals surface area contributed by atoms with Crippen molar-refractivity contribution in [1.29, 1.82) is 0 Å². The van der Waals surface area contributed by atoms with Crippen molar-refractivity contribution in [2.45, 2.75) is 31.0 Å². The second-order valence-corrected chi connectivity index (χ2v) is 7.87. The number of hydrogen-bond donors (Lipinski definition) is 1. The first kappa shape index (κ1) is 16.1. The number of hydrogen-bond acceptors (Lipinski definition) is 4. The van der Waals surface area contributed by atoms with Crippen LogP contribution in [-0.2, 0) is 14.8 Å². The monoisotopic (exact) mass is 355 g/mol. The summed E-state index contributed by atoms with van der Waals surface area (Å²) in [5.41, 5.74) is 0. The van der Waals surface area contributed by atoms with Gasteiger partial charge in [0.2, 0.25) is 0 Å². The fourth-order valence-electron chi connectivity index (χ4n) is 1.33. The van der Waals surface area contributed by atoms with E-state index >= 15 is 0 Å². The van der Waals surface area contributed by atoms with Crippen LogP contribution in [0.4, 0.5) is 0 Å². The van der Waals surface area contributed by atoms with E-state index in [0.29, 0.717) is 21.9 Å². The molecule has 1 atom stereocenters. The first-order valence-corrected chi connectivity index (χ1v) is 8.87. The summed E-state index contributed by atoms with van der Waals surface area (Å²) < 4.78 is 33.3. The minimum atomic E-state index is -3.48. The summed E-state index contributed by atoms with van der Waals surface area (Å²) in [4.78, 5) is 0. The lowest BCUT2D eigenvalue weighted by Crippen LogP contribution is -2.41. The molecule has 0 aliphatic heterocycles. The van der Waals surface area contributed by atoms with Gasteiger partial charge in [-0.15, -0.1) is 11.3 Å². The zero-order chi connectivity index (χ0) is 13.8. The Morgan fingerprint density at radius 3 is 2.61 bits per heavy atom. The van der Waals surface area contributed by atoms with Gasteiger partial charge in [0, 0.05) is 17.1 Å². The van der Waals surface area contributed by atoms with Gasteiger partial charge in [0.15, 0.2) is 0 Å². The molecular formula is C11H18BrNO3S2. The highest BCUT2D eigenvalue weighted by molar-refractivity contribution is 9.10. The van der Waals surface area contributed by atoms with Gasteiger partial charge in [0.05, 0.1) is 6.61 Å².